The third-order valence-electron chi connectivity index (χ3n) is 2.96. The molecule has 0 atom stereocenters. The van der Waals surface area contributed by atoms with Gasteiger partial charge in [0, 0.05) is 0 Å². The molecule has 0 amide bonds. The van der Waals surface area contributed by atoms with Crippen LogP contribution < -0.4 is 0 Å². The molecule has 0 aliphatic heterocycles. The molecule has 0 nitrogen and oxygen atoms in total. The van der Waals surface area contributed by atoms with Crippen molar-refractivity contribution >= 4 is 0 Å². The van der Waals surface area contributed by atoms with Crippen molar-refractivity contribution in [3.05, 3.63) is 65.6 Å². The quantitative estimate of drug-likeness (QED) is 0.650. The SMILES string of the molecule is [CH2]c1ccccc1-c1c(C)cc(C)cc1C. The lowest BCUT2D eigenvalue weighted by Crippen LogP contribution is -1.91. The van der Waals surface area contributed by atoms with Crippen molar-refractivity contribution in [2.75, 3.05) is 0 Å². The molecule has 0 heterocycles. The average molecular weight is 209 g/mol. The summed E-state index contributed by atoms with van der Waals surface area (Å²) < 4.78 is 0. The summed E-state index contributed by atoms with van der Waals surface area (Å²) in [5.41, 5.74) is 7.65. The summed E-state index contributed by atoms with van der Waals surface area (Å²) in [4.78, 5) is 0. The van der Waals surface area contributed by atoms with Crippen LogP contribution in [0.25, 0.3) is 11.1 Å². The fourth-order valence-electron chi connectivity index (χ4n) is 2.37. The highest BCUT2D eigenvalue weighted by atomic mass is 14.1. The van der Waals surface area contributed by atoms with Crippen LogP contribution in [0.4, 0.5) is 0 Å². The summed E-state index contributed by atoms with van der Waals surface area (Å²) in [6.07, 6.45) is 0. The molecule has 1 radical (unpaired) electrons. The van der Waals surface area contributed by atoms with E-state index in [0.717, 1.165) is 5.56 Å². The van der Waals surface area contributed by atoms with E-state index in [1.807, 2.05) is 6.07 Å². The molecule has 0 aliphatic rings. The molecule has 2 aromatic rings. The highest BCUT2D eigenvalue weighted by Crippen LogP contribution is 2.30. The predicted octanol–water partition coefficient (Wildman–Crippen LogP) is 4.46. The van der Waals surface area contributed by atoms with Crippen LogP contribution in [0, 0.1) is 27.7 Å². The monoisotopic (exact) mass is 209 g/mol. The van der Waals surface area contributed by atoms with E-state index in [9.17, 15) is 0 Å². The zero-order valence-electron chi connectivity index (χ0n) is 10.2. The van der Waals surface area contributed by atoms with Crippen molar-refractivity contribution in [3.8, 4) is 11.1 Å². The Balaban J connectivity index is 2.70. The van der Waals surface area contributed by atoms with E-state index in [1.165, 1.54) is 27.8 Å². The van der Waals surface area contributed by atoms with Crippen LogP contribution >= 0.6 is 0 Å². The van der Waals surface area contributed by atoms with Gasteiger partial charge in [0.05, 0.1) is 0 Å². The Labute approximate surface area is 97.9 Å². The van der Waals surface area contributed by atoms with Crippen LogP contribution in [-0.2, 0) is 0 Å². The smallest absolute Gasteiger partial charge is 0.0122 e. The van der Waals surface area contributed by atoms with Gasteiger partial charge in [0.25, 0.3) is 0 Å². The summed E-state index contributed by atoms with van der Waals surface area (Å²) in [5, 5.41) is 0. The van der Waals surface area contributed by atoms with Crippen LogP contribution in [0.2, 0.25) is 0 Å². The molecule has 2 aromatic carbocycles. The van der Waals surface area contributed by atoms with Gasteiger partial charge in [-0.05, 0) is 55.5 Å². The molecule has 0 bridgehead atoms. The lowest BCUT2D eigenvalue weighted by atomic mass is 9.91. The number of benzene rings is 2. The first-order chi connectivity index (χ1) is 7.59. The van der Waals surface area contributed by atoms with Crippen LogP contribution in [0.15, 0.2) is 36.4 Å². The van der Waals surface area contributed by atoms with E-state index < -0.39 is 0 Å². The molecule has 0 saturated carbocycles. The predicted molar refractivity (Wildman–Crippen MR) is 70.5 cm³/mol. The molecule has 0 heteroatoms. The molecule has 81 valence electrons. The molecule has 0 N–H and O–H groups in total. The number of rotatable bonds is 1. The molecule has 2 rings (SSSR count). The van der Waals surface area contributed by atoms with Gasteiger partial charge >= 0.3 is 0 Å². The minimum absolute atomic E-state index is 1.09. The zero-order valence-corrected chi connectivity index (χ0v) is 10.2. The van der Waals surface area contributed by atoms with E-state index in [1.54, 1.807) is 0 Å². The first kappa shape index (κ1) is 10.9. The summed E-state index contributed by atoms with van der Waals surface area (Å²) in [5.74, 6) is 0. The van der Waals surface area contributed by atoms with Crippen molar-refractivity contribution in [1.29, 1.82) is 0 Å². The molecule has 0 aliphatic carbocycles. The van der Waals surface area contributed by atoms with Crippen LogP contribution in [0.1, 0.15) is 22.3 Å². The third kappa shape index (κ3) is 1.88. The maximum absolute atomic E-state index is 4.10. The van der Waals surface area contributed by atoms with Gasteiger partial charge in [-0.2, -0.15) is 0 Å². The Hall–Kier alpha value is -1.56. The van der Waals surface area contributed by atoms with Crippen LogP contribution in [-0.4, -0.2) is 0 Å². The minimum Gasteiger partial charge on any atom is -0.0620 e. The standard InChI is InChI=1S/C16H17/c1-11-9-13(3)16(14(4)10-11)15-8-6-5-7-12(15)2/h5-10H,2H2,1,3-4H3. The first-order valence-electron chi connectivity index (χ1n) is 5.59. The molecule has 0 aromatic heterocycles. The number of hydrogen-bond donors (Lipinski definition) is 0. The first-order valence-corrected chi connectivity index (χ1v) is 5.59. The maximum atomic E-state index is 4.10. The van der Waals surface area contributed by atoms with Gasteiger partial charge in [0.2, 0.25) is 0 Å². The van der Waals surface area contributed by atoms with E-state index >= 15 is 0 Å². The summed E-state index contributed by atoms with van der Waals surface area (Å²) in [6, 6.07) is 12.8. The van der Waals surface area contributed by atoms with Gasteiger partial charge in [-0.15, -0.1) is 0 Å². The summed E-state index contributed by atoms with van der Waals surface area (Å²) >= 11 is 0. The van der Waals surface area contributed by atoms with Crippen molar-refractivity contribution in [2.45, 2.75) is 20.8 Å². The van der Waals surface area contributed by atoms with Gasteiger partial charge in [0.1, 0.15) is 0 Å². The van der Waals surface area contributed by atoms with Crippen molar-refractivity contribution in [2.24, 2.45) is 0 Å². The van der Waals surface area contributed by atoms with Crippen LogP contribution in [0.3, 0.4) is 0 Å². The average Bonchev–Trinajstić information content (AvgIpc) is 2.19. The zero-order chi connectivity index (χ0) is 11.7. The fraction of sp³-hybridized carbons (Fsp3) is 0.188. The Bertz CT molecular complexity index is 498. The van der Waals surface area contributed by atoms with Gasteiger partial charge < -0.3 is 0 Å². The molecule has 0 unspecified atom stereocenters. The Morgan fingerprint density at radius 2 is 1.44 bits per heavy atom. The van der Waals surface area contributed by atoms with Crippen molar-refractivity contribution < 1.29 is 0 Å². The normalized spacial score (nSPS) is 10.5. The number of aryl methyl sites for hydroxylation is 3. The Morgan fingerprint density at radius 3 is 2.00 bits per heavy atom. The van der Waals surface area contributed by atoms with E-state index in [2.05, 4.69) is 58.0 Å². The second-order valence-corrected chi connectivity index (χ2v) is 4.43. The summed E-state index contributed by atoms with van der Waals surface area (Å²) in [7, 11) is 0. The lowest BCUT2D eigenvalue weighted by Gasteiger charge is -2.13. The van der Waals surface area contributed by atoms with Gasteiger partial charge in [-0.1, -0.05) is 42.0 Å². The topological polar surface area (TPSA) is 0 Å². The van der Waals surface area contributed by atoms with Gasteiger partial charge in [-0.3, -0.25) is 0 Å². The highest BCUT2D eigenvalue weighted by Gasteiger charge is 2.08. The van der Waals surface area contributed by atoms with Crippen molar-refractivity contribution in [3.63, 3.8) is 0 Å². The molecule has 0 spiro atoms. The highest BCUT2D eigenvalue weighted by molar-refractivity contribution is 5.74. The summed E-state index contributed by atoms with van der Waals surface area (Å²) in [6.45, 7) is 10.6. The van der Waals surface area contributed by atoms with Crippen molar-refractivity contribution in [1.82, 2.24) is 0 Å². The third-order valence-corrected chi connectivity index (χ3v) is 2.96. The maximum Gasteiger partial charge on any atom is -0.0122 e. The second-order valence-electron chi connectivity index (χ2n) is 4.43. The fourth-order valence-corrected chi connectivity index (χ4v) is 2.37. The van der Waals surface area contributed by atoms with E-state index in [-0.39, 0.29) is 0 Å². The minimum atomic E-state index is 1.09. The Morgan fingerprint density at radius 1 is 0.875 bits per heavy atom. The number of hydrogen-bond acceptors (Lipinski definition) is 0. The van der Waals surface area contributed by atoms with E-state index in [4.69, 9.17) is 0 Å². The lowest BCUT2D eigenvalue weighted by molar-refractivity contribution is 1.32. The van der Waals surface area contributed by atoms with Crippen LogP contribution in [0.5, 0.6) is 0 Å². The Kier molecular flexibility index (Phi) is 2.82. The largest absolute Gasteiger partial charge is 0.0620 e. The van der Waals surface area contributed by atoms with Gasteiger partial charge in [0.15, 0.2) is 0 Å². The molecular formula is C16H17. The molecule has 0 fully saturated rings. The second kappa shape index (κ2) is 4.13. The molecule has 16 heavy (non-hydrogen) atoms. The van der Waals surface area contributed by atoms with E-state index in [0.29, 0.717) is 0 Å². The molecule has 0 saturated heterocycles. The van der Waals surface area contributed by atoms with Gasteiger partial charge in [-0.25, -0.2) is 0 Å². The molecular weight excluding hydrogens is 192 g/mol.